The molecule has 0 spiro atoms. The number of nitrogens with zero attached hydrogens (tertiary/aromatic N) is 2. The maximum Gasteiger partial charge on any atom is 0.437 e. The molecule has 0 atom stereocenters. The number of benzene rings is 1. The van der Waals surface area contributed by atoms with Crippen LogP contribution in [0, 0.1) is 0 Å². The van der Waals surface area contributed by atoms with Gasteiger partial charge in [-0.15, -0.1) is 4.68 Å². The summed E-state index contributed by atoms with van der Waals surface area (Å²) < 4.78 is 17.0. The molecule has 1 heterocycles. The van der Waals surface area contributed by atoms with E-state index in [9.17, 15) is 4.79 Å². The van der Waals surface area contributed by atoms with Crippen molar-refractivity contribution in [3.63, 3.8) is 0 Å². The largest absolute Gasteiger partial charge is 0.497 e. The average molecular weight is 347 g/mol. The first-order valence-electron chi connectivity index (χ1n) is 8.02. The predicted molar refractivity (Wildman–Crippen MR) is 95.2 cm³/mol. The van der Waals surface area contributed by atoms with E-state index in [1.54, 1.807) is 41.1 Å². The number of carbonyl (C=O) groups is 1. The van der Waals surface area contributed by atoms with Crippen LogP contribution in [0.15, 0.2) is 24.3 Å². The van der Waals surface area contributed by atoms with Gasteiger partial charge in [0.2, 0.25) is 0 Å². The highest BCUT2D eigenvalue weighted by molar-refractivity contribution is 5.73. The first kappa shape index (κ1) is 18.6. The van der Waals surface area contributed by atoms with E-state index in [2.05, 4.69) is 5.10 Å². The highest BCUT2D eigenvalue weighted by Gasteiger charge is 2.21. The molecular formula is C18H25N3O4. The quantitative estimate of drug-likeness (QED) is 0.894. The van der Waals surface area contributed by atoms with Gasteiger partial charge >= 0.3 is 6.09 Å². The fourth-order valence-corrected chi connectivity index (χ4v) is 2.36. The summed E-state index contributed by atoms with van der Waals surface area (Å²) >= 11 is 0. The molecule has 2 rings (SSSR count). The third kappa shape index (κ3) is 4.89. The van der Waals surface area contributed by atoms with Gasteiger partial charge in [-0.05, 0) is 57.4 Å². The molecule has 0 aliphatic heterocycles. The molecule has 0 fully saturated rings. The van der Waals surface area contributed by atoms with Crippen molar-refractivity contribution in [3.05, 3.63) is 35.5 Å². The molecule has 136 valence electrons. The van der Waals surface area contributed by atoms with Crippen LogP contribution in [0.25, 0.3) is 0 Å². The molecule has 0 bridgehead atoms. The van der Waals surface area contributed by atoms with Crippen molar-refractivity contribution in [3.8, 4) is 11.5 Å². The lowest BCUT2D eigenvalue weighted by Crippen LogP contribution is -2.28. The molecular weight excluding hydrogens is 322 g/mol. The Labute approximate surface area is 147 Å². The van der Waals surface area contributed by atoms with Crippen LogP contribution in [0.3, 0.4) is 0 Å². The number of hydrogen-bond acceptors (Lipinski definition) is 6. The fourth-order valence-electron chi connectivity index (χ4n) is 2.36. The number of carbonyl (C=O) groups excluding carboxylic acids is 1. The molecule has 1 aromatic heterocycles. The number of ether oxygens (including phenoxy) is 3. The van der Waals surface area contributed by atoms with Gasteiger partial charge in [0.1, 0.15) is 22.9 Å². The lowest BCUT2D eigenvalue weighted by Gasteiger charge is -2.19. The van der Waals surface area contributed by atoms with Gasteiger partial charge in [0.15, 0.2) is 0 Å². The van der Waals surface area contributed by atoms with E-state index < -0.39 is 11.7 Å². The highest BCUT2D eigenvalue weighted by Crippen LogP contribution is 2.25. The van der Waals surface area contributed by atoms with Crippen LogP contribution in [0.4, 0.5) is 10.6 Å². The van der Waals surface area contributed by atoms with Gasteiger partial charge in [0.25, 0.3) is 0 Å². The zero-order valence-corrected chi connectivity index (χ0v) is 15.3. The summed E-state index contributed by atoms with van der Waals surface area (Å²) in [6, 6.07) is 7.31. The van der Waals surface area contributed by atoms with Crippen LogP contribution in [0.1, 0.15) is 32.0 Å². The predicted octanol–water partition coefficient (Wildman–Crippen LogP) is 3.05. The minimum Gasteiger partial charge on any atom is -0.497 e. The van der Waals surface area contributed by atoms with E-state index in [0.717, 1.165) is 21.7 Å². The number of aryl methyl sites for hydroxylation is 2. The zero-order chi connectivity index (χ0) is 18.6. The van der Waals surface area contributed by atoms with E-state index in [0.29, 0.717) is 18.5 Å². The minimum absolute atomic E-state index is 0.252. The molecule has 0 aliphatic rings. The van der Waals surface area contributed by atoms with E-state index in [-0.39, 0.29) is 5.82 Å². The van der Waals surface area contributed by atoms with E-state index in [1.807, 2.05) is 18.2 Å². The van der Waals surface area contributed by atoms with Gasteiger partial charge in [-0.3, -0.25) is 0 Å². The molecule has 2 N–H and O–H groups in total. The first-order chi connectivity index (χ1) is 11.7. The lowest BCUT2D eigenvalue weighted by molar-refractivity contribution is 0.0518. The second-order valence-electron chi connectivity index (χ2n) is 6.63. The van der Waals surface area contributed by atoms with Crippen molar-refractivity contribution in [2.45, 2.75) is 39.2 Å². The maximum atomic E-state index is 12.1. The summed E-state index contributed by atoms with van der Waals surface area (Å²) in [5.74, 6) is 1.79. The lowest BCUT2D eigenvalue weighted by atomic mass is 10.1. The van der Waals surface area contributed by atoms with Crippen molar-refractivity contribution in [1.82, 2.24) is 9.78 Å². The van der Waals surface area contributed by atoms with Gasteiger partial charge < -0.3 is 19.9 Å². The Balaban J connectivity index is 2.12. The Morgan fingerprint density at radius 1 is 1.16 bits per heavy atom. The molecule has 0 aliphatic carbocycles. The number of rotatable bonds is 5. The normalized spacial score (nSPS) is 11.2. The van der Waals surface area contributed by atoms with E-state index >= 15 is 0 Å². The summed E-state index contributed by atoms with van der Waals surface area (Å²) in [7, 11) is 3.25. The molecule has 25 heavy (non-hydrogen) atoms. The molecule has 0 amide bonds. The van der Waals surface area contributed by atoms with Crippen LogP contribution in [0.5, 0.6) is 11.5 Å². The van der Waals surface area contributed by atoms with Crippen LogP contribution in [0.2, 0.25) is 0 Å². The molecule has 7 heteroatoms. The number of anilines is 1. The Morgan fingerprint density at radius 2 is 1.88 bits per heavy atom. The van der Waals surface area contributed by atoms with Gasteiger partial charge in [0, 0.05) is 6.07 Å². The first-order valence-corrected chi connectivity index (χ1v) is 8.02. The summed E-state index contributed by atoms with van der Waals surface area (Å²) in [5.41, 5.74) is 6.97. The average Bonchev–Trinajstić information content (AvgIpc) is 2.92. The number of nitrogen functional groups attached to an aromatic ring is 1. The van der Waals surface area contributed by atoms with Crippen LogP contribution >= 0.6 is 0 Å². The maximum absolute atomic E-state index is 12.1. The minimum atomic E-state index is -0.608. The van der Waals surface area contributed by atoms with E-state index in [4.69, 9.17) is 19.9 Å². The van der Waals surface area contributed by atoms with Gasteiger partial charge in [-0.1, -0.05) is 0 Å². The number of hydrogen-bond donors (Lipinski definition) is 1. The van der Waals surface area contributed by atoms with Gasteiger partial charge in [-0.2, -0.15) is 5.10 Å². The molecule has 0 saturated carbocycles. The molecule has 7 nitrogen and oxygen atoms in total. The summed E-state index contributed by atoms with van der Waals surface area (Å²) in [6.07, 6.45) is 0.685. The van der Waals surface area contributed by atoms with Crippen LogP contribution in [-0.2, 0) is 17.6 Å². The van der Waals surface area contributed by atoms with Crippen molar-refractivity contribution in [2.75, 3.05) is 20.0 Å². The van der Waals surface area contributed by atoms with Crippen molar-refractivity contribution >= 4 is 11.9 Å². The van der Waals surface area contributed by atoms with E-state index in [1.165, 1.54) is 0 Å². The SMILES string of the molecule is COc1ccc(OC)c(CCc2cc(N)n(C(=O)OC(C)(C)C)n2)c1. The topological polar surface area (TPSA) is 88.6 Å². The van der Waals surface area contributed by atoms with Crippen molar-refractivity contribution in [1.29, 1.82) is 0 Å². The van der Waals surface area contributed by atoms with Crippen molar-refractivity contribution < 1.29 is 19.0 Å². The zero-order valence-electron chi connectivity index (χ0n) is 15.3. The second kappa shape index (κ2) is 7.46. The molecule has 1 aromatic carbocycles. The third-order valence-corrected chi connectivity index (χ3v) is 3.49. The Kier molecular flexibility index (Phi) is 5.56. The summed E-state index contributed by atoms with van der Waals surface area (Å²) in [6.45, 7) is 5.38. The smallest absolute Gasteiger partial charge is 0.437 e. The number of methoxy groups -OCH3 is 2. The third-order valence-electron chi connectivity index (χ3n) is 3.49. The molecule has 0 unspecified atom stereocenters. The highest BCUT2D eigenvalue weighted by atomic mass is 16.6. The van der Waals surface area contributed by atoms with Gasteiger partial charge in [-0.25, -0.2) is 4.79 Å². The molecule has 0 saturated heterocycles. The Hall–Kier alpha value is -2.70. The Bertz CT molecular complexity index is 747. The van der Waals surface area contributed by atoms with Gasteiger partial charge in [0.05, 0.1) is 19.9 Å². The summed E-state index contributed by atoms with van der Waals surface area (Å²) in [4.78, 5) is 12.1. The number of aromatic nitrogens is 2. The number of nitrogens with two attached hydrogens (primary N) is 1. The molecule has 0 radical (unpaired) electrons. The van der Waals surface area contributed by atoms with Crippen molar-refractivity contribution in [2.24, 2.45) is 0 Å². The monoisotopic (exact) mass is 347 g/mol. The standard InChI is InChI=1S/C18H25N3O4/c1-18(2,3)25-17(22)21-16(19)11-13(20-21)7-6-12-10-14(23-4)8-9-15(12)24-5/h8-11H,6-7,19H2,1-5H3. The second-order valence-corrected chi connectivity index (χ2v) is 6.63. The van der Waals surface area contributed by atoms with Crippen LogP contribution < -0.4 is 15.2 Å². The van der Waals surface area contributed by atoms with Crippen LogP contribution in [-0.4, -0.2) is 35.7 Å². The summed E-state index contributed by atoms with van der Waals surface area (Å²) in [5, 5.41) is 4.25. The molecule has 2 aromatic rings. The fraction of sp³-hybridized carbons (Fsp3) is 0.444. The Morgan fingerprint density at radius 3 is 2.48 bits per heavy atom.